The Balaban J connectivity index is 1.15. The van der Waals surface area contributed by atoms with Gasteiger partial charge in [0, 0.05) is 4.90 Å². The monoisotopic (exact) mass is 725 g/mol. The van der Waals surface area contributed by atoms with Crippen LogP contribution in [0.5, 0.6) is 0 Å². The first-order valence-corrected chi connectivity index (χ1v) is 19.4. The fourth-order valence-electron chi connectivity index (χ4n) is 6.44. The van der Waals surface area contributed by atoms with Gasteiger partial charge in [0.1, 0.15) is 36.0 Å². The van der Waals surface area contributed by atoms with Crippen molar-refractivity contribution in [2.75, 3.05) is 13.2 Å². The second-order valence-corrected chi connectivity index (χ2v) is 17.5. The maximum Gasteiger partial charge on any atom is 0.391 e. The van der Waals surface area contributed by atoms with E-state index in [1.54, 1.807) is 68.7 Å². The third-order valence-electron chi connectivity index (χ3n) is 8.25. The number of nitrogens with zero attached hydrogens (tertiary/aromatic N) is 4. The van der Waals surface area contributed by atoms with Crippen molar-refractivity contribution >= 4 is 37.2 Å². The number of nitrogens with one attached hydrogen (secondary N) is 1. The van der Waals surface area contributed by atoms with Gasteiger partial charge in [-0.3, -0.25) is 14.5 Å². The van der Waals surface area contributed by atoms with Crippen LogP contribution in [-0.2, 0) is 41.9 Å². The summed E-state index contributed by atoms with van der Waals surface area (Å²) in [5.74, 6) is -2.01. The quantitative estimate of drug-likeness (QED) is 0.225. The van der Waals surface area contributed by atoms with Gasteiger partial charge in [0.25, 0.3) is 0 Å². The first-order chi connectivity index (χ1) is 22.5. The van der Waals surface area contributed by atoms with Crippen LogP contribution in [0.4, 0.5) is 0 Å². The Morgan fingerprint density at radius 1 is 0.958 bits per heavy atom. The fraction of sp³-hybridized carbons (Fsp3) is 0.536. The number of ether oxygens (including phenoxy) is 5. The number of fused-ring (bicyclic) bond motifs is 3. The zero-order chi connectivity index (χ0) is 34.2. The van der Waals surface area contributed by atoms with E-state index in [1.807, 2.05) is 0 Å². The molecule has 3 fully saturated rings. The van der Waals surface area contributed by atoms with Crippen molar-refractivity contribution in [3.63, 3.8) is 0 Å². The second-order valence-electron chi connectivity index (χ2n) is 12.6. The predicted octanol–water partition coefficient (Wildman–Crippen LogP) is 1.89. The number of hydrogen-bond donors (Lipinski definition) is 2. The molecule has 3 aromatic rings. The lowest BCUT2D eigenvalue weighted by molar-refractivity contribution is -0.341. The van der Waals surface area contributed by atoms with Crippen LogP contribution in [0.1, 0.15) is 40.0 Å². The van der Waals surface area contributed by atoms with Crippen LogP contribution in [0.3, 0.4) is 0 Å². The van der Waals surface area contributed by atoms with E-state index in [-0.39, 0.29) is 17.6 Å². The molecule has 260 valence electrons. The molecule has 0 spiro atoms. The number of hydrogen-bond acceptors (Lipinski definition) is 15. The smallest absolute Gasteiger partial charge is 0.391 e. The molecular weight excluding hydrogens is 692 g/mol. The molecule has 3 saturated heterocycles. The molecule has 17 nitrogen and oxygen atoms in total. The van der Waals surface area contributed by atoms with Crippen molar-refractivity contribution in [3.8, 4) is 0 Å². The molecule has 5 heterocycles. The van der Waals surface area contributed by atoms with Crippen molar-refractivity contribution in [2.24, 2.45) is 0 Å². The van der Waals surface area contributed by atoms with E-state index in [0.29, 0.717) is 16.1 Å². The van der Waals surface area contributed by atoms with Gasteiger partial charge >= 0.3 is 6.80 Å². The molecule has 8 atom stereocenters. The number of rotatable bonds is 10. The van der Waals surface area contributed by atoms with Crippen LogP contribution in [0.2, 0.25) is 0 Å². The lowest BCUT2D eigenvalue weighted by atomic mass is 10.1. The molecule has 1 aliphatic carbocycles. The van der Waals surface area contributed by atoms with Crippen LogP contribution >= 0.6 is 26.0 Å². The lowest BCUT2D eigenvalue weighted by Gasteiger charge is -2.29. The van der Waals surface area contributed by atoms with Crippen LogP contribution in [0.15, 0.2) is 59.5 Å². The highest BCUT2D eigenvalue weighted by atomic mass is 32.7. The zero-order valence-corrected chi connectivity index (χ0v) is 28.7. The number of aromatic nitrogens is 4. The molecule has 0 radical (unpaired) electrons. The molecule has 2 N–H and O–H groups in total. The Kier molecular flexibility index (Phi) is 8.68. The second kappa shape index (κ2) is 12.2. The van der Waals surface area contributed by atoms with Crippen LogP contribution in [0, 0.1) is 5.41 Å². The number of phosphoric acid groups is 1. The molecule has 0 saturated carbocycles. The van der Waals surface area contributed by atoms with Gasteiger partial charge in [-0.25, -0.2) is 14.5 Å². The number of benzene rings is 1. The Hall–Kier alpha value is -2.28. The molecule has 1 unspecified atom stereocenters. The highest BCUT2D eigenvalue weighted by molar-refractivity contribution is 8.54. The van der Waals surface area contributed by atoms with Crippen molar-refractivity contribution in [1.82, 2.24) is 19.1 Å². The molecular formula is C28H33N5O12P2S-2. The molecule has 2 aromatic heterocycles. The number of phosphoric ester groups is 1. The summed E-state index contributed by atoms with van der Waals surface area (Å²) in [6.45, 7) is 2.03. The van der Waals surface area contributed by atoms with E-state index in [2.05, 4.69) is 14.5 Å². The van der Waals surface area contributed by atoms with Crippen molar-refractivity contribution in [3.05, 3.63) is 60.1 Å². The molecule has 0 bridgehead atoms. The van der Waals surface area contributed by atoms with E-state index in [0.717, 1.165) is 11.4 Å². The average molecular weight is 726 g/mol. The maximum absolute atomic E-state index is 12.9. The SMILES string of the molecule is CC1(C)O[C@@H]2[C@H](O1)[C@@H](COP(=O)(O)Sc1ccccc1)O[C@H]2n1cnc2c(=N)n([C@@H]3C=C(COP(=O)([O-])[O-])[C@H]4OC(C)(C)O[C@H]43)cnc21. The van der Waals surface area contributed by atoms with E-state index in [4.69, 9.17) is 33.6 Å². The summed E-state index contributed by atoms with van der Waals surface area (Å²) >= 11 is 0.722. The van der Waals surface area contributed by atoms with Gasteiger partial charge in [0.15, 0.2) is 28.9 Å². The topological polar surface area (TPSA) is 225 Å². The zero-order valence-electron chi connectivity index (χ0n) is 26.1. The largest absolute Gasteiger partial charge is 0.790 e. The molecule has 0 amide bonds. The predicted molar refractivity (Wildman–Crippen MR) is 162 cm³/mol. The number of imidazole rings is 1. The Morgan fingerprint density at radius 3 is 2.35 bits per heavy atom. The minimum Gasteiger partial charge on any atom is -0.790 e. The summed E-state index contributed by atoms with van der Waals surface area (Å²) in [4.78, 5) is 42.5. The normalized spacial score (nSPS) is 31.9. The summed E-state index contributed by atoms with van der Waals surface area (Å²) < 4.78 is 67.9. The molecule has 48 heavy (non-hydrogen) atoms. The third-order valence-corrected chi connectivity index (χ3v) is 11.5. The molecule has 1 aromatic carbocycles. The van der Waals surface area contributed by atoms with Gasteiger partial charge in [0.2, 0.25) is 0 Å². The van der Waals surface area contributed by atoms with Crippen molar-refractivity contribution in [2.45, 2.75) is 87.0 Å². The van der Waals surface area contributed by atoms with Crippen LogP contribution in [0.25, 0.3) is 11.2 Å². The van der Waals surface area contributed by atoms with Gasteiger partial charge in [-0.1, -0.05) is 24.3 Å². The summed E-state index contributed by atoms with van der Waals surface area (Å²) in [6.07, 6.45) is 0.199. The summed E-state index contributed by atoms with van der Waals surface area (Å²) in [5.41, 5.74) is 0.859. The Bertz CT molecular complexity index is 1900. The van der Waals surface area contributed by atoms with Crippen LogP contribution < -0.4 is 15.3 Å². The van der Waals surface area contributed by atoms with Gasteiger partial charge in [-0.15, -0.1) is 0 Å². The van der Waals surface area contributed by atoms with Crippen LogP contribution in [-0.4, -0.2) is 79.3 Å². The minimum absolute atomic E-state index is 0.0370. The standard InChI is InChI=1S/C28H35N5O12P2S/c1-27(2)42-20-15(11-39-46(34,35)36)10-17(21(20)43-27)32-14-31-25-19(24(32)29)30-13-33(25)26-23-22(44-28(3,4)45-23)18(41-26)12-40-47(37,38)48-16-8-6-5-7-9-16/h5-10,13-14,17-18,20-23,26,29H,11-12H2,1-4H3,(H,37,38)(H2,34,35,36)/p-2/t17-,18-,20-,21+,22-,23-,26-/m1/s1. The minimum atomic E-state index is -5.25. The van der Waals surface area contributed by atoms with E-state index >= 15 is 0 Å². The summed E-state index contributed by atoms with van der Waals surface area (Å²) in [5, 5.41) is 9.05. The highest BCUT2D eigenvalue weighted by Gasteiger charge is 2.57. The average Bonchev–Trinajstić information content (AvgIpc) is 3.77. The van der Waals surface area contributed by atoms with Gasteiger partial charge < -0.3 is 52.0 Å². The van der Waals surface area contributed by atoms with E-state index in [9.17, 15) is 23.8 Å². The Labute approximate surface area is 278 Å². The van der Waals surface area contributed by atoms with Crippen molar-refractivity contribution in [1.29, 1.82) is 5.41 Å². The van der Waals surface area contributed by atoms with E-state index < -0.39 is 75.6 Å². The van der Waals surface area contributed by atoms with Gasteiger partial charge in [-0.2, -0.15) is 0 Å². The first-order valence-electron chi connectivity index (χ1n) is 14.9. The lowest BCUT2D eigenvalue weighted by Crippen LogP contribution is -2.34. The summed E-state index contributed by atoms with van der Waals surface area (Å²) in [7, 11) is -5.25. The summed E-state index contributed by atoms with van der Waals surface area (Å²) in [6, 6.07) is 8.07. The molecule has 7 rings (SSSR count). The first kappa shape index (κ1) is 34.2. The van der Waals surface area contributed by atoms with Gasteiger partial charge in [0.05, 0.1) is 39.7 Å². The van der Waals surface area contributed by atoms with E-state index in [1.165, 1.54) is 17.2 Å². The maximum atomic E-state index is 12.9. The molecule has 3 aliphatic heterocycles. The molecule has 4 aliphatic rings. The highest BCUT2D eigenvalue weighted by Crippen LogP contribution is 2.59. The third kappa shape index (κ3) is 6.75. The fourth-order valence-corrected chi connectivity index (χ4v) is 9.19. The van der Waals surface area contributed by atoms with Gasteiger partial charge in [-0.05, 0) is 56.8 Å². The molecule has 20 heteroatoms. The van der Waals surface area contributed by atoms with Crippen molar-refractivity contribution < 1.29 is 56.5 Å². The Morgan fingerprint density at radius 2 is 1.62 bits per heavy atom.